The van der Waals surface area contributed by atoms with Crippen LogP contribution in [0.4, 0.5) is 5.69 Å². The maximum absolute atomic E-state index is 12.8. The number of nitrogens with zero attached hydrogens (tertiary/aromatic N) is 2. The summed E-state index contributed by atoms with van der Waals surface area (Å²) in [6.07, 6.45) is 3.60. The van der Waals surface area contributed by atoms with Crippen LogP contribution in [0.15, 0.2) is 18.2 Å². The molecule has 0 radical (unpaired) electrons. The van der Waals surface area contributed by atoms with Crippen LogP contribution in [0, 0.1) is 13.8 Å². The van der Waals surface area contributed by atoms with Crippen molar-refractivity contribution in [3.05, 3.63) is 29.3 Å². The lowest BCUT2D eigenvalue weighted by Crippen LogP contribution is -2.50. The molecule has 1 heterocycles. The number of amides is 1. The molecule has 5 nitrogen and oxygen atoms in total. The van der Waals surface area contributed by atoms with Gasteiger partial charge < -0.3 is 4.90 Å². The molecular formula is C17H26N2O3S. The molecule has 0 bridgehead atoms. The Hall–Kier alpha value is -1.56. The second-order valence-corrected chi connectivity index (χ2v) is 8.14. The lowest BCUT2D eigenvalue weighted by molar-refractivity contribution is -0.131. The Kier molecular flexibility index (Phi) is 5.34. The standard InChI is InChI=1S/C17H26N2O3S/c1-5-16(17(20)18-10-6-7-11-18)19(23(4,21)22)15-9-8-13(2)14(3)12-15/h8-9,12,16H,5-7,10-11H2,1-4H3. The average Bonchev–Trinajstić information content (AvgIpc) is 3.00. The van der Waals surface area contributed by atoms with Crippen molar-refractivity contribution in [2.75, 3.05) is 23.7 Å². The zero-order chi connectivity index (χ0) is 17.2. The normalized spacial score (nSPS) is 16.4. The highest BCUT2D eigenvalue weighted by atomic mass is 32.2. The van der Waals surface area contributed by atoms with Gasteiger partial charge in [-0.25, -0.2) is 8.42 Å². The van der Waals surface area contributed by atoms with E-state index in [0.717, 1.165) is 37.1 Å². The molecule has 6 heteroatoms. The first-order valence-corrected chi connectivity index (χ1v) is 9.96. The highest BCUT2D eigenvalue weighted by Gasteiger charge is 2.35. The van der Waals surface area contributed by atoms with Gasteiger partial charge in [-0.3, -0.25) is 9.10 Å². The summed E-state index contributed by atoms with van der Waals surface area (Å²) in [5, 5.41) is 0. The van der Waals surface area contributed by atoms with Crippen LogP contribution in [0.3, 0.4) is 0 Å². The van der Waals surface area contributed by atoms with Gasteiger partial charge in [0.05, 0.1) is 11.9 Å². The van der Waals surface area contributed by atoms with Crippen molar-refractivity contribution in [3.8, 4) is 0 Å². The summed E-state index contributed by atoms with van der Waals surface area (Å²) in [5.74, 6) is -0.0892. The third-order valence-corrected chi connectivity index (χ3v) is 5.65. The Bertz CT molecular complexity index is 679. The van der Waals surface area contributed by atoms with E-state index in [1.165, 1.54) is 10.6 Å². The number of hydrogen-bond donors (Lipinski definition) is 0. The number of sulfonamides is 1. The lowest BCUT2D eigenvalue weighted by Gasteiger charge is -2.33. The number of carbonyl (C=O) groups is 1. The van der Waals surface area contributed by atoms with E-state index in [1.807, 2.05) is 32.9 Å². The van der Waals surface area contributed by atoms with Crippen LogP contribution in [0.5, 0.6) is 0 Å². The fourth-order valence-corrected chi connectivity index (χ4v) is 4.25. The molecule has 1 aliphatic heterocycles. The molecule has 0 aliphatic carbocycles. The summed E-state index contributed by atoms with van der Waals surface area (Å²) in [7, 11) is -3.55. The summed E-state index contributed by atoms with van der Waals surface area (Å²) in [5.41, 5.74) is 2.68. The van der Waals surface area contributed by atoms with Gasteiger partial charge in [-0.1, -0.05) is 13.0 Å². The summed E-state index contributed by atoms with van der Waals surface area (Å²) in [6, 6.07) is 4.85. The Morgan fingerprint density at radius 1 is 1.22 bits per heavy atom. The van der Waals surface area contributed by atoms with Gasteiger partial charge in [-0.05, 0) is 56.4 Å². The third-order valence-electron chi connectivity index (χ3n) is 4.47. The van der Waals surface area contributed by atoms with Crippen LogP contribution in [0.2, 0.25) is 0 Å². The minimum Gasteiger partial charge on any atom is -0.341 e. The van der Waals surface area contributed by atoms with E-state index < -0.39 is 16.1 Å². The van der Waals surface area contributed by atoms with Crippen LogP contribution < -0.4 is 4.31 Å². The van der Waals surface area contributed by atoms with Crippen molar-refractivity contribution in [2.45, 2.75) is 46.1 Å². The Balaban J connectivity index is 2.43. The first kappa shape index (κ1) is 17.8. The summed E-state index contributed by atoms with van der Waals surface area (Å²) in [6.45, 7) is 7.23. The highest BCUT2D eigenvalue weighted by molar-refractivity contribution is 7.92. The van der Waals surface area contributed by atoms with Gasteiger partial charge in [0.1, 0.15) is 6.04 Å². The summed E-state index contributed by atoms with van der Waals surface area (Å²) >= 11 is 0. The molecule has 0 aromatic heterocycles. The molecule has 1 atom stereocenters. The SMILES string of the molecule is CCC(C(=O)N1CCCC1)N(c1ccc(C)c(C)c1)S(C)(=O)=O. The molecule has 0 N–H and O–H groups in total. The fraction of sp³-hybridized carbons (Fsp3) is 0.588. The maximum atomic E-state index is 12.8. The van der Waals surface area contributed by atoms with Crippen LogP contribution >= 0.6 is 0 Å². The predicted octanol–water partition coefficient (Wildman–Crippen LogP) is 2.47. The zero-order valence-corrected chi connectivity index (χ0v) is 15.2. The molecule has 0 spiro atoms. The molecule has 23 heavy (non-hydrogen) atoms. The van der Waals surface area contributed by atoms with E-state index in [9.17, 15) is 13.2 Å². The first-order valence-electron chi connectivity index (χ1n) is 8.11. The molecule has 1 unspecified atom stereocenters. The summed E-state index contributed by atoms with van der Waals surface area (Å²) in [4.78, 5) is 14.6. The molecule has 0 saturated carbocycles. The Morgan fingerprint density at radius 3 is 2.30 bits per heavy atom. The Morgan fingerprint density at radius 2 is 1.83 bits per heavy atom. The van der Waals surface area contributed by atoms with Gasteiger partial charge in [-0.2, -0.15) is 0 Å². The van der Waals surface area contributed by atoms with E-state index in [-0.39, 0.29) is 5.91 Å². The highest BCUT2D eigenvalue weighted by Crippen LogP contribution is 2.26. The largest absolute Gasteiger partial charge is 0.341 e. The minimum absolute atomic E-state index is 0.0892. The molecule has 1 fully saturated rings. The number of benzene rings is 1. The van der Waals surface area contributed by atoms with Crippen LogP contribution in [0.1, 0.15) is 37.3 Å². The number of rotatable bonds is 5. The molecule has 128 valence electrons. The zero-order valence-electron chi connectivity index (χ0n) is 14.4. The molecule has 1 aliphatic rings. The number of carbonyl (C=O) groups excluding carboxylic acids is 1. The van der Waals surface area contributed by atoms with E-state index in [4.69, 9.17) is 0 Å². The number of anilines is 1. The number of likely N-dealkylation sites (tertiary alicyclic amines) is 1. The van der Waals surface area contributed by atoms with Gasteiger partial charge >= 0.3 is 0 Å². The van der Waals surface area contributed by atoms with Crippen molar-refractivity contribution >= 4 is 21.6 Å². The molecule has 1 aromatic carbocycles. The van der Waals surface area contributed by atoms with Gasteiger partial charge in [0.15, 0.2) is 0 Å². The van der Waals surface area contributed by atoms with E-state index >= 15 is 0 Å². The molecular weight excluding hydrogens is 312 g/mol. The van der Waals surface area contributed by atoms with E-state index in [2.05, 4.69) is 0 Å². The van der Waals surface area contributed by atoms with E-state index in [0.29, 0.717) is 12.1 Å². The lowest BCUT2D eigenvalue weighted by atomic mass is 10.1. The fourth-order valence-electron chi connectivity index (χ4n) is 3.05. The minimum atomic E-state index is -3.55. The van der Waals surface area contributed by atoms with Crippen molar-refractivity contribution in [3.63, 3.8) is 0 Å². The molecule has 1 aromatic rings. The quantitative estimate of drug-likeness (QED) is 0.829. The molecule has 2 rings (SSSR count). The third kappa shape index (κ3) is 3.86. The van der Waals surface area contributed by atoms with Crippen molar-refractivity contribution in [1.29, 1.82) is 0 Å². The molecule has 1 saturated heterocycles. The van der Waals surface area contributed by atoms with Crippen LogP contribution in [-0.2, 0) is 14.8 Å². The number of aryl methyl sites for hydroxylation is 2. The van der Waals surface area contributed by atoms with Crippen LogP contribution in [-0.4, -0.2) is 44.6 Å². The summed E-state index contributed by atoms with van der Waals surface area (Å²) < 4.78 is 26.1. The first-order chi connectivity index (χ1) is 10.8. The Labute approximate surface area is 139 Å². The number of hydrogen-bond acceptors (Lipinski definition) is 3. The van der Waals surface area contributed by atoms with Gasteiger partial charge in [-0.15, -0.1) is 0 Å². The van der Waals surface area contributed by atoms with Crippen molar-refractivity contribution in [1.82, 2.24) is 4.90 Å². The van der Waals surface area contributed by atoms with E-state index in [1.54, 1.807) is 11.0 Å². The van der Waals surface area contributed by atoms with Gasteiger partial charge in [0.25, 0.3) is 0 Å². The van der Waals surface area contributed by atoms with Crippen molar-refractivity contribution in [2.24, 2.45) is 0 Å². The average molecular weight is 338 g/mol. The predicted molar refractivity (Wildman–Crippen MR) is 93.1 cm³/mol. The molecule has 1 amide bonds. The van der Waals surface area contributed by atoms with Crippen LogP contribution in [0.25, 0.3) is 0 Å². The topological polar surface area (TPSA) is 57.7 Å². The van der Waals surface area contributed by atoms with Gasteiger partial charge in [0.2, 0.25) is 15.9 Å². The smallest absolute Gasteiger partial charge is 0.246 e. The second kappa shape index (κ2) is 6.91. The second-order valence-electron chi connectivity index (χ2n) is 6.28. The monoisotopic (exact) mass is 338 g/mol. The maximum Gasteiger partial charge on any atom is 0.246 e. The van der Waals surface area contributed by atoms with Gasteiger partial charge in [0, 0.05) is 13.1 Å². The van der Waals surface area contributed by atoms with Crippen molar-refractivity contribution < 1.29 is 13.2 Å².